The molecule has 0 unspecified atom stereocenters. The van der Waals surface area contributed by atoms with Crippen LogP contribution in [0.3, 0.4) is 0 Å². The molecule has 2 aromatic rings. The number of ether oxygens (including phenoxy) is 2. The van der Waals surface area contributed by atoms with Crippen molar-refractivity contribution in [3.8, 4) is 11.5 Å². The topological polar surface area (TPSA) is 72.8 Å². The van der Waals surface area contributed by atoms with Crippen molar-refractivity contribution in [2.45, 2.75) is 0 Å². The molecular formula is C15H15N3O3. The van der Waals surface area contributed by atoms with Crippen molar-refractivity contribution in [2.24, 2.45) is 5.10 Å². The van der Waals surface area contributed by atoms with Crippen LogP contribution in [-0.4, -0.2) is 30.8 Å². The molecule has 108 valence electrons. The number of methoxy groups -OCH3 is 1. The summed E-state index contributed by atoms with van der Waals surface area (Å²) in [5, 5.41) is 3.83. The zero-order valence-electron chi connectivity index (χ0n) is 11.5. The van der Waals surface area contributed by atoms with Crippen LogP contribution >= 0.6 is 0 Å². The molecule has 6 heteroatoms. The number of amides is 1. The highest BCUT2D eigenvalue weighted by Gasteiger charge is 2.01. The fourth-order valence-corrected chi connectivity index (χ4v) is 1.48. The highest BCUT2D eigenvalue weighted by molar-refractivity contribution is 5.82. The molecule has 0 aliphatic carbocycles. The summed E-state index contributed by atoms with van der Waals surface area (Å²) in [6.45, 7) is -0.111. The number of rotatable bonds is 6. The van der Waals surface area contributed by atoms with Gasteiger partial charge < -0.3 is 9.47 Å². The van der Waals surface area contributed by atoms with Crippen LogP contribution < -0.4 is 14.9 Å². The van der Waals surface area contributed by atoms with Crippen LogP contribution in [-0.2, 0) is 4.79 Å². The van der Waals surface area contributed by atoms with Crippen molar-refractivity contribution in [3.05, 3.63) is 54.4 Å². The second-order valence-corrected chi connectivity index (χ2v) is 4.04. The van der Waals surface area contributed by atoms with Gasteiger partial charge in [-0.1, -0.05) is 0 Å². The number of nitrogens with zero attached hydrogens (tertiary/aromatic N) is 2. The molecule has 6 nitrogen and oxygen atoms in total. The maximum absolute atomic E-state index is 11.5. The van der Waals surface area contributed by atoms with E-state index in [1.165, 1.54) is 6.21 Å². The Labute approximate surface area is 122 Å². The van der Waals surface area contributed by atoms with E-state index in [1.807, 2.05) is 0 Å². The molecule has 0 fully saturated rings. The van der Waals surface area contributed by atoms with E-state index >= 15 is 0 Å². The van der Waals surface area contributed by atoms with Crippen molar-refractivity contribution in [3.63, 3.8) is 0 Å². The van der Waals surface area contributed by atoms with Gasteiger partial charge in [-0.3, -0.25) is 9.78 Å². The number of hydrazone groups is 1. The van der Waals surface area contributed by atoms with E-state index in [0.29, 0.717) is 5.75 Å². The number of hydrogen-bond acceptors (Lipinski definition) is 5. The number of carbonyl (C=O) groups is 1. The molecular weight excluding hydrogens is 270 g/mol. The summed E-state index contributed by atoms with van der Waals surface area (Å²) in [4.78, 5) is 15.4. The lowest BCUT2D eigenvalue weighted by molar-refractivity contribution is -0.123. The molecule has 0 aliphatic rings. The van der Waals surface area contributed by atoms with Gasteiger partial charge >= 0.3 is 0 Å². The van der Waals surface area contributed by atoms with Gasteiger partial charge in [-0.25, -0.2) is 5.43 Å². The maximum Gasteiger partial charge on any atom is 0.277 e. The highest BCUT2D eigenvalue weighted by atomic mass is 16.5. The standard InChI is InChI=1S/C15H15N3O3/c1-20-13-2-4-14(5-3-13)21-11-15(19)18-17-10-12-6-8-16-9-7-12/h2-10H,11H2,1H3,(H,18,19)/b17-10-. The van der Waals surface area contributed by atoms with Crippen LogP contribution in [0, 0.1) is 0 Å². The molecule has 0 radical (unpaired) electrons. The van der Waals surface area contributed by atoms with Gasteiger partial charge in [0.25, 0.3) is 5.91 Å². The lowest BCUT2D eigenvalue weighted by Crippen LogP contribution is -2.24. The molecule has 0 saturated carbocycles. The average molecular weight is 285 g/mol. The van der Waals surface area contributed by atoms with E-state index in [-0.39, 0.29) is 12.5 Å². The van der Waals surface area contributed by atoms with E-state index in [0.717, 1.165) is 11.3 Å². The van der Waals surface area contributed by atoms with Crippen molar-refractivity contribution in [1.29, 1.82) is 0 Å². The highest BCUT2D eigenvalue weighted by Crippen LogP contribution is 2.16. The Morgan fingerprint density at radius 1 is 1.19 bits per heavy atom. The number of nitrogens with one attached hydrogen (secondary N) is 1. The van der Waals surface area contributed by atoms with Gasteiger partial charge in [0.2, 0.25) is 0 Å². The average Bonchev–Trinajstić information content (AvgIpc) is 2.54. The first-order chi connectivity index (χ1) is 10.3. The van der Waals surface area contributed by atoms with E-state index in [2.05, 4.69) is 15.5 Å². The van der Waals surface area contributed by atoms with E-state index in [4.69, 9.17) is 9.47 Å². The van der Waals surface area contributed by atoms with Crippen molar-refractivity contribution in [1.82, 2.24) is 10.4 Å². The van der Waals surface area contributed by atoms with Crippen molar-refractivity contribution >= 4 is 12.1 Å². The Kier molecular flexibility index (Phi) is 5.28. The minimum absolute atomic E-state index is 0.111. The van der Waals surface area contributed by atoms with Crippen LogP contribution in [0.15, 0.2) is 53.9 Å². The van der Waals surface area contributed by atoms with Crippen molar-refractivity contribution < 1.29 is 14.3 Å². The third kappa shape index (κ3) is 4.94. The number of hydrogen-bond donors (Lipinski definition) is 1. The lowest BCUT2D eigenvalue weighted by atomic mass is 10.3. The summed E-state index contributed by atoms with van der Waals surface area (Å²) in [5.74, 6) is 0.980. The molecule has 0 aliphatic heterocycles. The summed E-state index contributed by atoms with van der Waals surface area (Å²) < 4.78 is 10.4. The number of benzene rings is 1. The van der Waals surface area contributed by atoms with Crippen LogP contribution in [0.25, 0.3) is 0 Å². The zero-order chi connectivity index (χ0) is 14.9. The zero-order valence-corrected chi connectivity index (χ0v) is 11.5. The van der Waals surface area contributed by atoms with E-state index in [9.17, 15) is 4.79 Å². The summed E-state index contributed by atoms with van der Waals surface area (Å²) >= 11 is 0. The van der Waals surface area contributed by atoms with E-state index in [1.54, 1.807) is 55.9 Å². The van der Waals surface area contributed by atoms with Gasteiger partial charge in [-0.2, -0.15) is 5.10 Å². The molecule has 1 aromatic heterocycles. The third-order valence-electron chi connectivity index (χ3n) is 2.54. The molecule has 0 saturated heterocycles. The predicted molar refractivity (Wildman–Crippen MR) is 78.5 cm³/mol. The minimum atomic E-state index is -0.337. The second-order valence-electron chi connectivity index (χ2n) is 4.04. The Hall–Kier alpha value is -2.89. The summed E-state index contributed by atoms with van der Waals surface area (Å²) in [5.41, 5.74) is 3.23. The fraction of sp³-hybridized carbons (Fsp3) is 0.133. The summed E-state index contributed by atoms with van der Waals surface area (Å²) in [7, 11) is 1.59. The second kappa shape index (κ2) is 7.64. The first-order valence-electron chi connectivity index (χ1n) is 6.27. The van der Waals surface area contributed by atoms with E-state index < -0.39 is 0 Å². The molecule has 1 amide bonds. The van der Waals surface area contributed by atoms with Gasteiger partial charge in [0.05, 0.1) is 13.3 Å². The molecule has 1 heterocycles. The minimum Gasteiger partial charge on any atom is -0.497 e. The molecule has 1 N–H and O–H groups in total. The Balaban J connectivity index is 1.75. The third-order valence-corrected chi connectivity index (χ3v) is 2.54. The van der Waals surface area contributed by atoms with Crippen LogP contribution in [0.2, 0.25) is 0 Å². The van der Waals surface area contributed by atoms with Crippen molar-refractivity contribution in [2.75, 3.05) is 13.7 Å². The van der Waals surface area contributed by atoms with Gasteiger partial charge in [0.1, 0.15) is 11.5 Å². The Morgan fingerprint density at radius 3 is 2.52 bits per heavy atom. The SMILES string of the molecule is COc1ccc(OCC(=O)N/N=C\c2ccncc2)cc1. The smallest absolute Gasteiger partial charge is 0.277 e. The van der Waals surface area contributed by atoms with Gasteiger partial charge in [0.15, 0.2) is 6.61 Å². The summed E-state index contributed by atoms with van der Waals surface area (Å²) in [6.07, 6.45) is 4.83. The maximum atomic E-state index is 11.5. The van der Waals surface area contributed by atoms with Crippen LogP contribution in [0.4, 0.5) is 0 Å². The molecule has 0 atom stereocenters. The Bertz CT molecular complexity index is 597. The fourth-order valence-electron chi connectivity index (χ4n) is 1.48. The monoisotopic (exact) mass is 285 g/mol. The Morgan fingerprint density at radius 2 is 1.86 bits per heavy atom. The number of pyridine rings is 1. The number of carbonyl (C=O) groups excluding carboxylic acids is 1. The van der Waals surface area contributed by atoms with Crippen LogP contribution in [0.1, 0.15) is 5.56 Å². The number of aromatic nitrogens is 1. The summed E-state index contributed by atoms with van der Waals surface area (Å²) in [6, 6.07) is 10.5. The molecule has 2 rings (SSSR count). The normalized spacial score (nSPS) is 10.3. The lowest BCUT2D eigenvalue weighted by Gasteiger charge is -2.05. The molecule has 0 bridgehead atoms. The molecule has 21 heavy (non-hydrogen) atoms. The molecule has 0 spiro atoms. The first-order valence-corrected chi connectivity index (χ1v) is 6.27. The first kappa shape index (κ1) is 14.5. The largest absolute Gasteiger partial charge is 0.497 e. The van der Waals surface area contributed by atoms with Gasteiger partial charge in [-0.05, 0) is 42.0 Å². The van der Waals surface area contributed by atoms with Gasteiger partial charge in [-0.15, -0.1) is 0 Å². The van der Waals surface area contributed by atoms with Gasteiger partial charge in [0, 0.05) is 12.4 Å². The molecule has 1 aromatic carbocycles. The van der Waals surface area contributed by atoms with Crippen LogP contribution in [0.5, 0.6) is 11.5 Å². The predicted octanol–water partition coefficient (Wildman–Crippen LogP) is 1.62. The quantitative estimate of drug-likeness (QED) is 0.646.